The first-order valence-electron chi connectivity index (χ1n) is 5.96. The van der Waals surface area contributed by atoms with E-state index in [1.807, 2.05) is 6.92 Å². The summed E-state index contributed by atoms with van der Waals surface area (Å²) in [6.45, 7) is 2.82. The average molecular weight is 269 g/mol. The zero-order valence-corrected chi connectivity index (χ0v) is 10.9. The molecule has 2 heterocycles. The topological polar surface area (TPSA) is 83.4 Å². The van der Waals surface area contributed by atoms with E-state index >= 15 is 0 Å². The van der Waals surface area contributed by atoms with Gasteiger partial charge in [0.15, 0.2) is 0 Å². The van der Waals surface area contributed by atoms with Gasteiger partial charge < -0.3 is 10.0 Å². The Hall–Kier alpha value is -1.50. The van der Waals surface area contributed by atoms with E-state index in [2.05, 4.69) is 9.59 Å². The van der Waals surface area contributed by atoms with E-state index in [1.54, 1.807) is 4.90 Å². The fraction of sp³-hybridized carbons (Fsp3) is 0.636. The SMILES string of the molecule is CCc1nnsc1C(=O)N1CCC[C@@H](C(=O)O)C1. The summed E-state index contributed by atoms with van der Waals surface area (Å²) < 4.78 is 3.79. The maximum Gasteiger partial charge on any atom is 0.308 e. The fourth-order valence-corrected chi connectivity index (χ4v) is 2.83. The van der Waals surface area contributed by atoms with Crippen molar-refractivity contribution >= 4 is 23.4 Å². The molecule has 1 aromatic heterocycles. The molecule has 0 radical (unpaired) electrons. The Labute approximate surface area is 109 Å². The van der Waals surface area contributed by atoms with Gasteiger partial charge in [-0.3, -0.25) is 9.59 Å². The van der Waals surface area contributed by atoms with Gasteiger partial charge >= 0.3 is 5.97 Å². The lowest BCUT2D eigenvalue weighted by Gasteiger charge is -2.30. The highest BCUT2D eigenvalue weighted by atomic mass is 32.1. The molecule has 0 unspecified atom stereocenters. The lowest BCUT2D eigenvalue weighted by molar-refractivity contribution is -0.143. The van der Waals surface area contributed by atoms with Crippen molar-refractivity contribution in [3.8, 4) is 0 Å². The second-order valence-electron chi connectivity index (χ2n) is 4.33. The van der Waals surface area contributed by atoms with Gasteiger partial charge in [0.2, 0.25) is 0 Å². The summed E-state index contributed by atoms with van der Waals surface area (Å²) in [4.78, 5) is 25.4. The molecule has 1 N–H and O–H groups in total. The van der Waals surface area contributed by atoms with Crippen LogP contribution >= 0.6 is 11.5 Å². The predicted octanol–water partition coefficient (Wildman–Crippen LogP) is 1.04. The first-order chi connectivity index (χ1) is 8.63. The van der Waals surface area contributed by atoms with Gasteiger partial charge in [0.1, 0.15) is 4.88 Å². The quantitative estimate of drug-likeness (QED) is 0.886. The Morgan fingerprint density at radius 2 is 2.33 bits per heavy atom. The molecule has 0 saturated carbocycles. The van der Waals surface area contributed by atoms with Crippen LogP contribution in [-0.4, -0.2) is 44.6 Å². The van der Waals surface area contributed by atoms with Crippen LogP contribution in [0.4, 0.5) is 0 Å². The molecule has 1 atom stereocenters. The second-order valence-corrected chi connectivity index (χ2v) is 5.08. The molecular formula is C11H15N3O3S. The Bertz CT molecular complexity index is 460. The fourth-order valence-electron chi connectivity index (χ4n) is 2.11. The van der Waals surface area contributed by atoms with Crippen molar-refractivity contribution in [2.75, 3.05) is 13.1 Å². The highest BCUT2D eigenvalue weighted by Gasteiger charge is 2.30. The highest BCUT2D eigenvalue weighted by molar-refractivity contribution is 7.08. The van der Waals surface area contributed by atoms with Crippen molar-refractivity contribution in [1.29, 1.82) is 0 Å². The number of aliphatic carboxylic acids is 1. The number of piperidine rings is 1. The molecule has 98 valence electrons. The van der Waals surface area contributed by atoms with Gasteiger partial charge in [-0.2, -0.15) is 0 Å². The van der Waals surface area contributed by atoms with Crippen molar-refractivity contribution < 1.29 is 14.7 Å². The van der Waals surface area contributed by atoms with Crippen LogP contribution in [-0.2, 0) is 11.2 Å². The van der Waals surface area contributed by atoms with Gasteiger partial charge in [0.25, 0.3) is 5.91 Å². The van der Waals surface area contributed by atoms with Crippen molar-refractivity contribution in [2.45, 2.75) is 26.2 Å². The molecule has 0 aliphatic carbocycles. The number of amides is 1. The van der Waals surface area contributed by atoms with E-state index in [0.29, 0.717) is 30.0 Å². The van der Waals surface area contributed by atoms with E-state index < -0.39 is 11.9 Å². The summed E-state index contributed by atoms with van der Waals surface area (Å²) in [6.07, 6.45) is 2.03. The molecule has 7 heteroatoms. The van der Waals surface area contributed by atoms with Gasteiger partial charge in [-0.25, -0.2) is 0 Å². The van der Waals surface area contributed by atoms with Crippen LogP contribution in [0, 0.1) is 5.92 Å². The minimum atomic E-state index is -0.828. The lowest BCUT2D eigenvalue weighted by Crippen LogP contribution is -2.42. The average Bonchev–Trinajstić information content (AvgIpc) is 2.86. The second kappa shape index (κ2) is 5.43. The molecule has 1 amide bonds. The van der Waals surface area contributed by atoms with Crippen molar-refractivity contribution in [2.24, 2.45) is 5.92 Å². The third-order valence-corrected chi connectivity index (χ3v) is 3.90. The van der Waals surface area contributed by atoms with E-state index in [-0.39, 0.29) is 12.5 Å². The summed E-state index contributed by atoms with van der Waals surface area (Å²) >= 11 is 1.09. The van der Waals surface area contributed by atoms with Crippen LogP contribution in [0.25, 0.3) is 0 Å². The van der Waals surface area contributed by atoms with Gasteiger partial charge in [-0.15, -0.1) is 5.10 Å². The third kappa shape index (κ3) is 2.50. The highest BCUT2D eigenvalue weighted by Crippen LogP contribution is 2.21. The molecular weight excluding hydrogens is 254 g/mol. The zero-order valence-electron chi connectivity index (χ0n) is 10.1. The molecule has 1 fully saturated rings. The third-order valence-electron chi connectivity index (χ3n) is 3.14. The molecule has 0 aromatic carbocycles. The zero-order chi connectivity index (χ0) is 13.1. The van der Waals surface area contributed by atoms with Crippen molar-refractivity contribution in [3.63, 3.8) is 0 Å². The summed E-state index contributed by atoms with van der Waals surface area (Å²) in [6, 6.07) is 0. The predicted molar refractivity (Wildman–Crippen MR) is 65.6 cm³/mol. The number of hydrogen-bond donors (Lipinski definition) is 1. The van der Waals surface area contributed by atoms with Crippen molar-refractivity contribution in [3.05, 3.63) is 10.6 Å². The Morgan fingerprint density at radius 1 is 1.56 bits per heavy atom. The van der Waals surface area contributed by atoms with Crippen molar-refractivity contribution in [1.82, 2.24) is 14.5 Å². The number of aromatic nitrogens is 2. The minimum Gasteiger partial charge on any atom is -0.481 e. The molecule has 2 rings (SSSR count). The van der Waals surface area contributed by atoms with E-state index in [1.165, 1.54) is 0 Å². The van der Waals surface area contributed by atoms with Gasteiger partial charge in [-0.05, 0) is 30.8 Å². The Morgan fingerprint density at radius 3 is 3.00 bits per heavy atom. The molecule has 0 spiro atoms. The van der Waals surface area contributed by atoms with Crippen LogP contribution in [0.1, 0.15) is 35.1 Å². The molecule has 0 bridgehead atoms. The van der Waals surface area contributed by atoms with E-state index in [0.717, 1.165) is 18.0 Å². The van der Waals surface area contributed by atoms with Crippen LogP contribution in [0.15, 0.2) is 0 Å². The molecule has 6 nitrogen and oxygen atoms in total. The number of hydrogen-bond acceptors (Lipinski definition) is 5. The normalized spacial score (nSPS) is 19.8. The summed E-state index contributed by atoms with van der Waals surface area (Å²) in [7, 11) is 0. The molecule has 18 heavy (non-hydrogen) atoms. The Kier molecular flexibility index (Phi) is 3.90. The number of carbonyl (C=O) groups excluding carboxylic acids is 1. The first-order valence-corrected chi connectivity index (χ1v) is 6.74. The molecule has 1 saturated heterocycles. The van der Waals surface area contributed by atoms with Crippen LogP contribution in [0.5, 0.6) is 0 Å². The van der Waals surface area contributed by atoms with Gasteiger partial charge in [0, 0.05) is 13.1 Å². The Balaban J connectivity index is 2.11. The van der Waals surface area contributed by atoms with Gasteiger partial charge in [-0.1, -0.05) is 11.4 Å². The summed E-state index contributed by atoms with van der Waals surface area (Å²) in [5.74, 6) is -1.41. The number of nitrogens with zero attached hydrogens (tertiary/aromatic N) is 3. The van der Waals surface area contributed by atoms with Crippen LogP contribution in [0.3, 0.4) is 0 Å². The summed E-state index contributed by atoms with van der Waals surface area (Å²) in [5.41, 5.74) is 0.697. The maximum absolute atomic E-state index is 12.3. The van der Waals surface area contributed by atoms with Crippen LogP contribution in [0.2, 0.25) is 0 Å². The lowest BCUT2D eigenvalue weighted by atomic mass is 9.98. The molecule has 1 aliphatic rings. The maximum atomic E-state index is 12.3. The molecule has 1 aromatic rings. The number of carboxylic acid groups (broad SMARTS) is 1. The molecule has 1 aliphatic heterocycles. The largest absolute Gasteiger partial charge is 0.481 e. The smallest absolute Gasteiger partial charge is 0.308 e. The van der Waals surface area contributed by atoms with Gasteiger partial charge in [0.05, 0.1) is 11.6 Å². The number of carboxylic acids is 1. The summed E-state index contributed by atoms with van der Waals surface area (Å²) in [5, 5.41) is 12.9. The number of carbonyl (C=O) groups is 2. The van der Waals surface area contributed by atoms with Crippen LogP contribution < -0.4 is 0 Å². The number of aryl methyl sites for hydroxylation is 1. The number of rotatable bonds is 3. The minimum absolute atomic E-state index is 0.132. The van der Waals surface area contributed by atoms with E-state index in [4.69, 9.17) is 5.11 Å². The monoisotopic (exact) mass is 269 g/mol. The first kappa shape index (κ1) is 12.9. The number of likely N-dealkylation sites (tertiary alicyclic amines) is 1. The standard InChI is InChI=1S/C11H15N3O3S/c1-2-8-9(18-13-12-8)10(15)14-5-3-4-7(6-14)11(16)17/h7H,2-6H2,1H3,(H,16,17)/t7-/m1/s1. The van der Waals surface area contributed by atoms with E-state index in [9.17, 15) is 9.59 Å².